The van der Waals surface area contributed by atoms with Crippen LogP contribution >= 0.6 is 11.3 Å². The minimum atomic E-state index is -0.458. The summed E-state index contributed by atoms with van der Waals surface area (Å²) in [6, 6.07) is 9.32. The van der Waals surface area contributed by atoms with Gasteiger partial charge in [0.15, 0.2) is 4.88 Å². The summed E-state index contributed by atoms with van der Waals surface area (Å²) in [7, 11) is 0. The molecule has 1 aromatic carbocycles. The molecule has 110 valence electrons. The number of rotatable bonds is 4. The van der Waals surface area contributed by atoms with Crippen LogP contribution in [0.25, 0.3) is 0 Å². The van der Waals surface area contributed by atoms with Crippen molar-refractivity contribution < 1.29 is 18.7 Å². The molecule has 5 nitrogen and oxygen atoms in total. The average molecular weight is 305 g/mol. The van der Waals surface area contributed by atoms with Gasteiger partial charge in [0.2, 0.25) is 0 Å². The lowest BCUT2D eigenvalue weighted by Gasteiger charge is -1.96. The largest absolute Gasteiger partial charge is 0.462 e. The van der Waals surface area contributed by atoms with Crippen LogP contribution in [0.1, 0.15) is 27.9 Å². The van der Waals surface area contributed by atoms with Gasteiger partial charge in [0.1, 0.15) is 5.76 Å². The third-order valence-corrected chi connectivity index (χ3v) is 3.63. The summed E-state index contributed by atoms with van der Waals surface area (Å²) in [5, 5.41) is 0. The quantitative estimate of drug-likeness (QED) is 0.814. The Bertz CT molecular complexity index is 700. The fraction of sp³-hybridized carbons (Fsp3) is 0.267. The van der Waals surface area contributed by atoms with Gasteiger partial charge in [-0.3, -0.25) is 4.79 Å². The van der Waals surface area contributed by atoms with E-state index in [2.05, 4.69) is 4.99 Å². The standard InChI is InChI=1S/C15H15NO4S/c1-3-19-14(18)13-10(2)20-15(21-13)16-12(17)9-11-7-5-4-6-8-11/h4-8H,3,9H2,1-2H3. The molecule has 1 aromatic heterocycles. The van der Waals surface area contributed by atoms with E-state index in [0.29, 0.717) is 10.6 Å². The molecule has 0 N–H and O–H groups in total. The van der Waals surface area contributed by atoms with E-state index >= 15 is 0 Å². The molecule has 0 bridgehead atoms. The van der Waals surface area contributed by atoms with Crippen molar-refractivity contribution in [3.8, 4) is 0 Å². The van der Waals surface area contributed by atoms with E-state index in [9.17, 15) is 9.59 Å². The molecule has 6 heteroatoms. The molecular weight excluding hydrogens is 290 g/mol. The molecule has 0 atom stereocenters. The monoisotopic (exact) mass is 305 g/mol. The predicted molar refractivity (Wildman–Crippen MR) is 78.0 cm³/mol. The zero-order chi connectivity index (χ0) is 15.2. The zero-order valence-electron chi connectivity index (χ0n) is 11.8. The Morgan fingerprint density at radius 1 is 1.29 bits per heavy atom. The fourth-order valence-corrected chi connectivity index (χ4v) is 2.51. The maximum Gasteiger partial charge on any atom is 0.351 e. The van der Waals surface area contributed by atoms with Crippen LogP contribution in [0.5, 0.6) is 0 Å². The highest BCUT2D eigenvalue weighted by atomic mass is 32.1. The van der Waals surface area contributed by atoms with Gasteiger partial charge < -0.3 is 9.15 Å². The first-order chi connectivity index (χ1) is 10.1. The lowest BCUT2D eigenvalue weighted by atomic mass is 10.1. The van der Waals surface area contributed by atoms with Crippen molar-refractivity contribution in [3.63, 3.8) is 0 Å². The normalized spacial score (nSPS) is 11.4. The number of benzene rings is 1. The number of nitrogens with zero attached hydrogens (tertiary/aromatic N) is 1. The Balaban J connectivity index is 2.16. The summed E-state index contributed by atoms with van der Waals surface area (Å²) < 4.78 is 10.2. The average Bonchev–Trinajstić information content (AvgIpc) is 2.80. The minimum absolute atomic E-state index is 0.163. The number of hydrogen-bond acceptors (Lipinski definition) is 5. The van der Waals surface area contributed by atoms with Gasteiger partial charge in [-0.1, -0.05) is 41.7 Å². The first kappa shape index (κ1) is 15.2. The Hall–Kier alpha value is -2.21. The van der Waals surface area contributed by atoms with Crippen molar-refractivity contribution in [3.05, 3.63) is 51.4 Å². The summed E-state index contributed by atoms with van der Waals surface area (Å²) in [5.74, 6) is -0.368. The Morgan fingerprint density at radius 2 is 2.00 bits per heavy atom. The first-order valence-electron chi connectivity index (χ1n) is 6.49. The maximum absolute atomic E-state index is 11.9. The highest BCUT2D eigenvalue weighted by Gasteiger charge is 2.16. The molecule has 0 saturated heterocycles. The third kappa shape index (κ3) is 4.13. The fourth-order valence-electron chi connectivity index (χ4n) is 1.70. The number of carbonyl (C=O) groups is 2. The molecule has 0 aliphatic carbocycles. The molecule has 2 rings (SSSR count). The van der Waals surface area contributed by atoms with Crippen molar-refractivity contribution in [1.29, 1.82) is 0 Å². The predicted octanol–water partition coefficient (Wildman–Crippen LogP) is 2.50. The smallest absolute Gasteiger partial charge is 0.351 e. The minimum Gasteiger partial charge on any atom is -0.462 e. The zero-order valence-corrected chi connectivity index (χ0v) is 12.6. The maximum atomic E-state index is 11.9. The van der Waals surface area contributed by atoms with Crippen LogP contribution in [0.2, 0.25) is 0 Å². The van der Waals surface area contributed by atoms with Crippen molar-refractivity contribution in [2.75, 3.05) is 6.61 Å². The highest BCUT2D eigenvalue weighted by molar-refractivity contribution is 7.11. The van der Waals surface area contributed by atoms with Crippen LogP contribution in [-0.4, -0.2) is 18.5 Å². The SMILES string of the molecule is CCOC(=O)c1sc(=NC(=O)Cc2ccccc2)oc1C. The van der Waals surface area contributed by atoms with Gasteiger partial charge in [-0.25, -0.2) is 4.79 Å². The molecule has 0 fully saturated rings. The van der Waals surface area contributed by atoms with Crippen molar-refractivity contribution in [2.45, 2.75) is 20.3 Å². The van der Waals surface area contributed by atoms with Gasteiger partial charge in [-0.2, -0.15) is 4.99 Å². The van der Waals surface area contributed by atoms with Crippen LogP contribution < -0.4 is 4.87 Å². The molecule has 0 aliphatic rings. The molecular formula is C15H15NO4S. The van der Waals surface area contributed by atoms with Gasteiger partial charge in [0.25, 0.3) is 10.8 Å². The Labute approximate surface area is 125 Å². The summed E-state index contributed by atoms with van der Waals surface area (Å²) >= 11 is 1.02. The molecule has 0 spiro atoms. The molecule has 2 aromatic rings. The van der Waals surface area contributed by atoms with Crippen LogP contribution in [0.3, 0.4) is 0 Å². The number of aryl methyl sites for hydroxylation is 1. The van der Waals surface area contributed by atoms with E-state index < -0.39 is 5.97 Å². The van der Waals surface area contributed by atoms with E-state index in [1.54, 1.807) is 13.8 Å². The molecule has 1 amide bonds. The van der Waals surface area contributed by atoms with Crippen molar-refractivity contribution in [1.82, 2.24) is 0 Å². The van der Waals surface area contributed by atoms with Crippen LogP contribution in [0.4, 0.5) is 0 Å². The number of ether oxygens (including phenoxy) is 1. The van der Waals surface area contributed by atoms with E-state index in [4.69, 9.17) is 9.15 Å². The Kier molecular flexibility index (Phi) is 5.05. The van der Waals surface area contributed by atoms with E-state index in [0.717, 1.165) is 16.9 Å². The van der Waals surface area contributed by atoms with Crippen LogP contribution in [-0.2, 0) is 16.0 Å². The van der Waals surface area contributed by atoms with Gasteiger partial charge in [-0.15, -0.1) is 0 Å². The van der Waals surface area contributed by atoms with E-state index in [1.165, 1.54) is 0 Å². The van der Waals surface area contributed by atoms with Crippen molar-refractivity contribution >= 4 is 23.2 Å². The number of amides is 1. The summed E-state index contributed by atoms with van der Waals surface area (Å²) in [4.78, 5) is 27.9. The second-order valence-corrected chi connectivity index (χ2v) is 5.21. The van der Waals surface area contributed by atoms with Crippen LogP contribution in [0, 0.1) is 6.92 Å². The topological polar surface area (TPSA) is 68.9 Å². The summed E-state index contributed by atoms with van der Waals surface area (Å²) in [6.07, 6.45) is 0.196. The molecule has 0 saturated carbocycles. The van der Waals surface area contributed by atoms with Gasteiger partial charge in [-0.05, 0) is 19.4 Å². The first-order valence-corrected chi connectivity index (χ1v) is 7.31. The molecule has 0 aliphatic heterocycles. The molecule has 0 unspecified atom stereocenters. The van der Waals surface area contributed by atoms with Crippen molar-refractivity contribution in [2.24, 2.45) is 4.99 Å². The van der Waals surface area contributed by atoms with E-state index in [-0.39, 0.29) is 23.8 Å². The molecule has 21 heavy (non-hydrogen) atoms. The van der Waals surface area contributed by atoms with Crippen LogP contribution in [0.15, 0.2) is 39.7 Å². The molecule has 1 heterocycles. The number of carbonyl (C=O) groups excluding carboxylic acids is 2. The highest BCUT2D eigenvalue weighted by Crippen LogP contribution is 2.12. The lowest BCUT2D eigenvalue weighted by molar-refractivity contribution is -0.117. The number of esters is 1. The molecule has 0 radical (unpaired) electrons. The second-order valence-electron chi connectivity index (χ2n) is 4.24. The lowest BCUT2D eigenvalue weighted by Crippen LogP contribution is -2.05. The third-order valence-electron chi connectivity index (χ3n) is 2.62. The number of hydrogen-bond donors (Lipinski definition) is 0. The van der Waals surface area contributed by atoms with Gasteiger partial charge >= 0.3 is 5.97 Å². The van der Waals surface area contributed by atoms with Gasteiger partial charge in [0.05, 0.1) is 13.0 Å². The second kappa shape index (κ2) is 6.99. The van der Waals surface area contributed by atoms with Gasteiger partial charge in [0, 0.05) is 0 Å². The summed E-state index contributed by atoms with van der Waals surface area (Å²) in [5.41, 5.74) is 0.880. The summed E-state index contributed by atoms with van der Waals surface area (Å²) in [6.45, 7) is 3.66. The Morgan fingerprint density at radius 3 is 2.67 bits per heavy atom. The van der Waals surface area contributed by atoms with E-state index in [1.807, 2.05) is 30.3 Å².